The first-order valence-electron chi connectivity index (χ1n) is 4.53. The quantitative estimate of drug-likeness (QED) is 0.279. The average Bonchev–Trinajstić information content (AvgIpc) is 2.34. The highest BCUT2D eigenvalue weighted by Gasteiger charge is 2.17. The van der Waals surface area contributed by atoms with Crippen molar-refractivity contribution in [1.29, 1.82) is 0 Å². The Balaban J connectivity index is 3.16. The van der Waals surface area contributed by atoms with E-state index >= 15 is 0 Å². The van der Waals surface area contributed by atoms with Gasteiger partial charge in [-0.3, -0.25) is 14.9 Å². The minimum atomic E-state index is -1.32. The topological polar surface area (TPSA) is 127 Å². The molecule has 0 atom stereocenters. The maximum absolute atomic E-state index is 11.4. The number of carboxylic acid groups (broad SMARTS) is 1. The number of nitroso groups, excluding NO2 is 1. The van der Waals surface area contributed by atoms with E-state index in [2.05, 4.69) is 5.18 Å². The molecule has 0 saturated heterocycles. The highest BCUT2D eigenvalue weighted by atomic mass is 16.6. The summed E-state index contributed by atoms with van der Waals surface area (Å²) in [4.78, 5) is 41.7. The number of carbonyl (C=O) groups excluding carboxylic acids is 1. The average molecular weight is 250 g/mol. The summed E-state index contributed by atoms with van der Waals surface area (Å²) in [6.45, 7) is 0. The fourth-order valence-electron chi connectivity index (χ4n) is 1.14. The highest BCUT2D eigenvalue weighted by Crippen LogP contribution is 2.28. The second-order valence-electron chi connectivity index (χ2n) is 3.09. The molecule has 8 heteroatoms. The number of nitrogens with zero attached hydrogens (tertiary/aromatic N) is 2. The van der Waals surface area contributed by atoms with Crippen molar-refractivity contribution in [3.63, 3.8) is 0 Å². The number of aliphatic carboxylic acids is 1. The molecule has 0 aliphatic heterocycles. The summed E-state index contributed by atoms with van der Waals surface area (Å²) < 4.78 is 0. The molecule has 0 aliphatic rings. The van der Waals surface area contributed by atoms with Crippen LogP contribution in [-0.4, -0.2) is 21.8 Å². The van der Waals surface area contributed by atoms with Crippen molar-refractivity contribution in [2.75, 3.05) is 0 Å². The summed E-state index contributed by atoms with van der Waals surface area (Å²) in [5.41, 5.74) is -1.12. The molecule has 1 aromatic rings. The van der Waals surface area contributed by atoms with Gasteiger partial charge in [-0.1, -0.05) is 0 Å². The largest absolute Gasteiger partial charge is 0.478 e. The van der Waals surface area contributed by atoms with Crippen LogP contribution in [0.25, 0.3) is 0 Å². The van der Waals surface area contributed by atoms with E-state index in [1.54, 1.807) is 0 Å². The zero-order valence-electron chi connectivity index (χ0n) is 8.77. The van der Waals surface area contributed by atoms with Crippen LogP contribution in [0.15, 0.2) is 35.5 Å². The first kappa shape index (κ1) is 13.2. The van der Waals surface area contributed by atoms with Gasteiger partial charge < -0.3 is 5.11 Å². The molecule has 0 bridgehead atoms. The Morgan fingerprint density at radius 2 is 2.00 bits per heavy atom. The molecule has 1 N–H and O–H groups in total. The Kier molecular flexibility index (Phi) is 3.98. The summed E-state index contributed by atoms with van der Waals surface area (Å²) in [6.07, 6.45) is 1.37. The number of carboxylic acids is 1. The molecule has 0 radical (unpaired) electrons. The highest BCUT2D eigenvalue weighted by molar-refractivity contribution is 6.07. The van der Waals surface area contributed by atoms with Crippen LogP contribution >= 0.6 is 0 Å². The Labute approximate surface area is 99.7 Å². The van der Waals surface area contributed by atoms with Crippen molar-refractivity contribution < 1.29 is 19.6 Å². The fraction of sp³-hybridized carbons (Fsp3) is 0. The van der Waals surface area contributed by atoms with E-state index in [-0.39, 0.29) is 5.56 Å². The number of hydrogen-bond donors (Lipinski definition) is 1. The fourth-order valence-corrected chi connectivity index (χ4v) is 1.14. The Morgan fingerprint density at radius 1 is 1.33 bits per heavy atom. The van der Waals surface area contributed by atoms with Gasteiger partial charge in [0.2, 0.25) is 0 Å². The molecule has 18 heavy (non-hydrogen) atoms. The van der Waals surface area contributed by atoms with Gasteiger partial charge in [0, 0.05) is 17.7 Å². The molecule has 0 aromatic heterocycles. The standard InChI is InChI=1S/C10H6N2O6/c13-9(3-4-10(14)15)6-1-2-7(11-16)8(5-6)12(17)18/h1-5H,(H,14,15)/b4-3+. The molecule has 0 saturated carbocycles. The molecule has 1 rings (SSSR count). The third-order valence-corrected chi connectivity index (χ3v) is 1.93. The second-order valence-corrected chi connectivity index (χ2v) is 3.09. The molecule has 92 valence electrons. The molecule has 0 amide bonds. The van der Waals surface area contributed by atoms with Crippen LogP contribution in [0.1, 0.15) is 10.4 Å². The van der Waals surface area contributed by atoms with Gasteiger partial charge in [-0.15, -0.1) is 4.91 Å². The number of ketones is 1. The summed E-state index contributed by atoms with van der Waals surface area (Å²) in [7, 11) is 0. The van der Waals surface area contributed by atoms with Gasteiger partial charge in [-0.25, -0.2) is 4.79 Å². The predicted octanol–water partition coefficient (Wildman–Crippen LogP) is 1.82. The van der Waals surface area contributed by atoms with E-state index in [0.717, 1.165) is 24.3 Å². The van der Waals surface area contributed by atoms with Gasteiger partial charge in [-0.2, -0.15) is 0 Å². The van der Waals surface area contributed by atoms with E-state index in [0.29, 0.717) is 6.08 Å². The maximum Gasteiger partial charge on any atom is 0.328 e. The number of nitro groups is 1. The van der Waals surface area contributed by atoms with E-state index in [4.69, 9.17) is 5.11 Å². The van der Waals surface area contributed by atoms with Crippen molar-refractivity contribution in [3.8, 4) is 0 Å². The lowest BCUT2D eigenvalue weighted by Gasteiger charge is -1.97. The van der Waals surface area contributed by atoms with Crippen LogP contribution in [0.3, 0.4) is 0 Å². The minimum Gasteiger partial charge on any atom is -0.478 e. The summed E-state index contributed by atoms with van der Waals surface area (Å²) in [6, 6.07) is 3.04. The lowest BCUT2D eigenvalue weighted by Crippen LogP contribution is -1.98. The third kappa shape index (κ3) is 3.04. The van der Waals surface area contributed by atoms with Gasteiger partial charge in [0.05, 0.1) is 4.92 Å². The number of nitro benzene ring substituents is 1. The SMILES string of the molecule is O=Nc1ccc(C(=O)/C=C/C(=O)O)cc1[N+](=O)[O-]. The van der Waals surface area contributed by atoms with Crippen LogP contribution < -0.4 is 0 Å². The Hall–Kier alpha value is -2.90. The van der Waals surface area contributed by atoms with Gasteiger partial charge in [0.25, 0.3) is 5.69 Å². The zero-order valence-corrected chi connectivity index (χ0v) is 8.77. The Morgan fingerprint density at radius 3 is 2.50 bits per heavy atom. The van der Waals surface area contributed by atoms with Crippen LogP contribution in [0, 0.1) is 15.0 Å². The number of hydrogen-bond acceptors (Lipinski definition) is 6. The number of rotatable bonds is 5. The number of benzene rings is 1. The monoisotopic (exact) mass is 250 g/mol. The van der Waals surface area contributed by atoms with Crippen LogP contribution in [0.5, 0.6) is 0 Å². The van der Waals surface area contributed by atoms with E-state index in [9.17, 15) is 24.6 Å². The molecule has 0 heterocycles. The van der Waals surface area contributed by atoms with Crippen molar-refractivity contribution in [1.82, 2.24) is 0 Å². The molecule has 8 nitrogen and oxygen atoms in total. The number of carbonyl (C=O) groups is 2. The van der Waals surface area contributed by atoms with Crippen LogP contribution in [-0.2, 0) is 4.79 Å². The molecular formula is C10H6N2O6. The third-order valence-electron chi connectivity index (χ3n) is 1.93. The summed E-state index contributed by atoms with van der Waals surface area (Å²) in [5.74, 6) is -2.04. The predicted molar refractivity (Wildman–Crippen MR) is 59.7 cm³/mol. The lowest BCUT2D eigenvalue weighted by molar-refractivity contribution is -0.384. The molecule has 1 aromatic carbocycles. The molecular weight excluding hydrogens is 244 g/mol. The first-order chi connectivity index (χ1) is 8.45. The lowest BCUT2D eigenvalue weighted by atomic mass is 10.1. The van der Waals surface area contributed by atoms with Gasteiger partial charge in [0.15, 0.2) is 11.5 Å². The van der Waals surface area contributed by atoms with E-state index < -0.39 is 28.1 Å². The normalized spacial score (nSPS) is 10.2. The molecule has 0 fully saturated rings. The zero-order chi connectivity index (χ0) is 13.7. The summed E-state index contributed by atoms with van der Waals surface area (Å²) in [5, 5.41) is 21.4. The van der Waals surface area contributed by atoms with Gasteiger partial charge >= 0.3 is 5.97 Å². The van der Waals surface area contributed by atoms with Crippen molar-refractivity contribution in [2.45, 2.75) is 0 Å². The molecule has 0 spiro atoms. The van der Waals surface area contributed by atoms with E-state index in [1.165, 1.54) is 0 Å². The minimum absolute atomic E-state index is 0.105. The molecule has 0 unspecified atom stereocenters. The van der Waals surface area contributed by atoms with Crippen LogP contribution in [0.2, 0.25) is 0 Å². The van der Waals surface area contributed by atoms with Gasteiger partial charge in [0.1, 0.15) is 0 Å². The smallest absolute Gasteiger partial charge is 0.328 e. The van der Waals surface area contributed by atoms with Crippen LogP contribution in [0.4, 0.5) is 11.4 Å². The number of allylic oxidation sites excluding steroid dienone is 1. The first-order valence-corrected chi connectivity index (χ1v) is 4.53. The maximum atomic E-state index is 11.4. The Bertz CT molecular complexity index is 563. The van der Waals surface area contributed by atoms with Crippen molar-refractivity contribution >= 4 is 23.1 Å². The second kappa shape index (κ2) is 5.43. The summed E-state index contributed by atoms with van der Waals surface area (Å²) >= 11 is 0. The van der Waals surface area contributed by atoms with E-state index in [1.807, 2.05) is 0 Å². The van der Waals surface area contributed by atoms with Gasteiger partial charge in [-0.05, 0) is 23.4 Å². The van der Waals surface area contributed by atoms with Crippen molar-refractivity contribution in [3.05, 3.63) is 50.9 Å². The van der Waals surface area contributed by atoms with Crippen molar-refractivity contribution in [2.24, 2.45) is 5.18 Å². The molecule has 0 aliphatic carbocycles.